The number of rotatable bonds is 0. The van der Waals surface area contributed by atoms with E-state index in [2.05, 4.69) is 0 Å². The summed E-state index contributed by atoms with van der Waals surface area (Å²) in [4.78, 5) is 0. The van der Waals surface area contributed by atoms with Gasteiger partial charge in [-0.1, -0.05) is 0 Å². The van der Waals surface area contributed by atoms with Crippen molar-refractivity contribution < 1.29 is 45.8 Å². The molecule has 0 heterocycles. The molecule has 0 aliphatic heterocycles. The Balaban J connectivity index is -0.00000000500. The van der Waals surface area contributed by atoms with Gasteiger partial charge in [0.05, 0.1) is 0 Å². The fourth-order valence-corrected chi connectivity index (χ4v) is 0. The average molecular weight is 217 g/mol. The van der Waals surface area contributed by atoms with Gasteiger partial charge in [-0.15, -0.1) is 0 Å². The molecule has 0 aliphatic carbocycles. The van der Waals surface area contributed by atoms with Crippen LogP contribution in [0.3, 0.4) is 0 Å². The van der Waals surface area contributed by atoms with Crippen LogP contribution in [-0.2, 0) is 4.46 Å². The molecule has 0 fully saturated rings. The Hall–Kier alpha value is 1.91. The van der Waals surface area contributed by atoms with E-state index in [1.807, 2.05) is 0 Å². The van der Waals surface area contributed by atoms with Crippen LogP contribution in [0.4, 0.5) is 0 Å². The molecule has 0 bridgehead atoms. The van der Waals surface area contributed by atoms with Gasteiger partial charge in [0.25, 0.3) is 0 Å². The summed E-state index contributed by atoms with van der Waals surface area (Å²) in [7, 11) is 0.611. The Bertz CT molecular complexity index is 8.00. The Morgan fingerprint density at radius 1 is 1.25 bits per heavy atom. The molecule has 1 nitrogen and oxygen atoms in total. The minimum atomic E-state index is 0. The second kappa shape index (κ2) is 20.6. The molecule has 0 unspecified atom stereocenters. The zero-order chi connectivity index (χ0) is 2.00. The molecule has 0 atom stereocenters. The van der Waals surface area contributed by atoms with Gasteiger partial charge in [-0.2, -0.15) is 0 Å². The zero-order valence-electron chi connectivity index (χ0n) is 1.69. The Morgan fingerprint density at radius 2 is 1.25 bits per heavy atom. The van der Waals surface area contributed by atoms with Crippen molar-refractivity contribution in [2.24, 2.45) is 0 Å². The zero-order valence-corrected chi connectivity index (χ0v) is 6.81. The Morgan fingerprint density at radius 3 is 1.25 bits per heavy atom. The second-order valence-corrected chi connectivity index (χ2v) is 0. The first-order chi connectivity index (χ1) is 1.00. The van der Waals surface area contributed by atoms with Crippen LogP contribution < -0.4 is 0 Å². The fourth-order valence-electron chi connectivity index (χ4n) is 0. The third-order valence-corrected chi connectivity index (χ3v) is 0. The van der Waals surface area contributed by atoms with Crippen molar-refractivity contribution in [3.8, 4) is 0 Å². The van der Waals surface area contributed by atoms with Gasteiger partial charge >= 0.3 is 0 Å². The molecule has 21 valence electrons. The van der Waals surface area contributed by atoms with Gasteiger partial charge in [0.1, 0.15) is 0 Å². The van der Waals surface area contributed by atoms with Crippen molar-refractivity contribution in [1.29, 1.82) is 0 Å². The van der Waals surface area contributed by atoms with Crippen LogP contribution in [0.1, 0.15) is 0 Å². The number of hydrogen-bond acceptors (Lipinski definition) is 1. The molecule has 4 heteroatoms. The molecular weight excluding hydrogens is 212 g/mol. The van der Waals surface area contributed by atoms with E-state index >= 15 is 0 Å². The third kappa shape index (κ3) is 9.07. The predicted octanol–water partition coefficient (Wildman–Crippen LogP) is -2.22. The molecule has 0 aromatic rings. The maximum Gasteiger partial charge on any atom is 0.245 e. The molecule has 0 aromatic carbocycles. The van der Waals surface area contributed by atoms with Crippen LogP contribution in [0.5, 0.6) is 0 Å². The molecular formula is H5AlOPrSi. The SMILES string of the molecule is O=[SiH2].[AlH3].[Pr]. The van der Waals surface area contributed by atoms with E-state index in [1.165, 1.54) is 0 Å². The fraction of sp³-hybridized carbons (Fsp3) is 0. The molecule has 4 heavy (non-hydrogen) atoms. The van der Waals surface area contributed by atoms with Crippen molar-refractivity contribution in [2.75, 3.05) is 0 Å². The van der Waals surface area contributed by atoms with E-state index in [9.17, 15) is 0 Å². The molecule has 0 aromatic heterocycles. The van der Waals surface area contributed by atoms with Gasteiger partial charge in [0.2, 0.25) is 10.1 Å². The Kier molecular flexibility index (Phi) is 86.4. The summed E-state index contributed by atoms with van der Waals surface area (Å²) in [5.41, 5.74) is 0. The van der Waals surface area contributed by atoms with E-state index in [4.69, 9.17) is 4.46 Å². The molecule has 0 N–H and O–H groups in total. The van der Waals surface area contributed by atoms with Gasteiger partial charge in [-0.05, 0) is 0 Å². The summed E-state index contributed by atoms with van der Waals surface area (Å²) in [5.74, 6) is 0. The van der Waals surface area contributed by atoms with Crippen molar-refractivity contribution >= 4 is 27.5 Å². The molecule has 0 saturated carbocycles. The van der Waals surface area contributed by atoms with Crippen LogP contribution in [0.15, 0.2) is 0 Å². The largest absolute Gasteiger partial charge is 0.396 e. The summed E-state index contributed by atoms with van der Waals surface area (Å²) in [6, 6.07) is 0. The topological polar surface area (TPSA) is 17.1 Å². The van der Waals surface area contributed by atoms with Gasteiger partial charge < -0.3 is 4.46 Å². The maximum absolute atomic E-state index is 8.28. The van der Waals surface area contributed by atoms with Gasteiger partial charge in [0, 0.05) is 41.3 Å². The average Bonchev–Trinajstić information content (AvgIpc) is 1.00. The predicted molar refractivity (Wildman–Crippen MR) is 19.2 cm³/mol. The summed E-state index contributed by atoms with van der Waals surface area (Å²) in [6.07, 6.45) is 0. The van der Waals surface area contributed by atoms with E-state index in [-0.39, 0.29) is 58.7 Å². The first-order valence-corrected chi connectivity index (χ1v) is 0.866. The van der Waals surface area contributed by atoms with Crippen LogP contribution in [0.2, 0.25) is 0 Å². The molecule has 1 radical (unpaired) electrons. The monoisotopic (exact) mass is 217 g/mol. The van der Waals surface area contributed by atoms with E-state index < -0.39 is 0 Å². The maximum atomic E-state index is 8.28. The van der Waals surface area contributed by atoms with Crippen LogP contribution in [0.25, 0.3) is 0 Å². The van der Waals surface area contributed by atoms with Crippen molar-refractivity contribution in [2.45, 2.75) is 0 Å². The van der Waals surface area contributed by atoms with E-state index in [0.717, 1.165) is 0 Å². The molecule has 0 spiro atoms. The van der Waals surface area contributed by atoms with Gasteiger partial charge in [-0.25, -0.2) is 0 Å². The van der Waals surface area contributed by atoms with Gasteiger partial charge in [-0.3, -0.25) is 0 Å². The first-order valence-electron chi connectivity index (χ1n) is 0.289. The van der Waals surface area contributed by atoms with Crippen molar-refractivity contribution in [3.05, 3.63) is 0 Å². The minimum Gasteiger partial charge on any atom is -0.396 e. The quantitative estimate of drug-likeness (QED) is 0.420. The smallest absolute Gasteiger partial charge is 0.245 e. The normalized spacial score (nSPS) is 1.00. The summed E-state index contributed by atoms with van der Waals surface area (Å²) < 4.78 is 8.28. The van der Waals surface area contributed by atoms with Crippen molar-refractivity contribution in [1.82, 2.24) is 0 Å². The van der Waals surface area contributed by atoms with Crippen LogP contribution in [-0.4, -0.2) is 27.5 Å². The standard InChI is InChI=1S/Al.H2OSi.Pr.3H/c;1-2;;;;/h;2H2;;;;. The number of hydrogen-bond donors (Lipinski definition) is 0. The molecule has 0 rings (SSSR count). The summed E-state index contributed by atoms with van der Waals surface area (Å²) >= 11 is 0. The molecule has 0 amide bonds. The Labute approximate surface area is 72.1 Å². The first kappa shape index (κ1) is 16.8. The van der Waals surface area contributed by atoms with Crippen molar-refractivity contribution in [3.63, 3.8) is 0 Å². The molecule has 0 aliphatic rings. The third-order valence-electron chi connectivity index (χ3n) is 0. The summed E-state index contributed by atoms with van der Waals surface area (Å²) in [5, 5.41) is 0. The van der Waals surface area contributed by atoms with E-state index in [0.29, 0.717) is 10.1 Å². The minimum absolute atomic E-state index is 0. The molecule has 0 saturated heterocycles. The van der Waals surface area contributed by atoms with Gasteiger partial charge in [0.15, 0.2) is 17.4 Å². The van der Waals surface area contributed by atoms with Crippen LogP contribution >= 0.6 is 0 Å². The second-order valence-electron chi connectivity index (χ2n) is 0. The van der Waals surface area contributed by atoms with E-state index in [1.54, 1.807) is 0 Å². The summed E-state index contributed by atoms with van der Waals surface area (Å²) in [6.45, 7) is 0. The van der Waals surface area contributed by atoms with Crippen LogP contribution in [0, 0.1) is 41.3 Å².